The largest absolute Gasteiger partial charge is 0.496 e. The molecule has 0 saturated carbocycles. The standard InChI is InChI=1S/C15H22N2O4/c1-4-15(2,13(18)19)17-14(20)16-10-9-11-7-5-6-8-12(11)21-3/h5-8H,4,9-10H2,1-3H3,(H,18,19)(H2,16,17,20). The summed E-state index contributed by atoms with van der Waals surface area (Å²) in [4.78, 5) is 22.9. The number of aliphatic carboxylic acids is 1. The van der Waals surface area contributed by atoms with E-state index in [1.165, 1.54) is 6.92 Å². The summed E-state index contributed by atoms with van der Waals surface area (Å²) in [5, 5.41) is 14.2. The number of urea groups is 1. The Morgan fingerprint density at radius 2 is 2.00 bits per heavy atom. The maximum absolute atomic E-state index is 11.7. The Morgan fingerprint density at radius 3 is 2.57 bits per heavy atom. The van der Waals surface area contributed by atoms with Crippen LogP contribution in [0.4, 0.5) is 4.79 Å². The molecule has 0 aliphatic carbocycles. The molecule has 1 atom stereocenters. The highest BCUT2D eigenvalue weighted by Crippen LogP contribution is 2.17. The van der Waals surface area contributed by atoms with Crippen LogP contribution >= 0.6 is 0 Å². The normalized spacial score (nSPS) is 13.1. The number of benzene rings is 1. The third kappa shape index (κ3) is 4.66. The van der Waals surface area contributed by atoms with Gasteiger partial charge >= 0.3 is 12.0 Å². The molecule has 0 aromatic heterocycles. The number of para-hydroxylation sites is 1. The molecule has 0 spiro atoms. The molecule has 6 heteroatoms. The quantitative estimate of drug-likeness (QED) is 0.715. The second-order valence-electron chi connectivity index (χ2n) is 4.93. The molecule has 1 aromatic rings. The van der Waals surface area contributed by atoms with Gasteiger partial charge in [0, 0.05) is 6.54 Å². The van der Waals surface area contributed by atoms with Crippen LogP contribution in [0.25, 0.3) is 0 Å². The first-order valence-electron chi connectivity index (χ1n) is 6.84. The summed E-state index contributed by atoms with van der Waals surface area (Å²) in [7, 11) is 1.60. The minimum absolute atomic E-state index is 0.308. The fraction of sp³-hybridized carbons (Fsp3) is 0.467. The molecule has 116 valence electrons. The van der Waals surface area contributed by atoms with Crippen LogP contribution in [0.2, 0.25) is 0 Å². The lowest BCUT2D eigenvalue weighted by atomic mass is 10.00. The predicted octanol–water partition coefficient (Wildman–Crippen LogP) is 1.79. The van der Waals surface area contributed by atoms with Crippen molar-refractivity contribution in [2.45, 2.75) is 32.2 Å². The third-order valence-corrected chi connectivity index (χ3v) is 3.44. The average molecular weight is 294 g/mol. The lowest BCUT2D eigenvalue weighted by molar-refractivity contribution is -0.143. The zero-order valence-corrected chi connectivity index (χ0v) is 12.6. The fourth-order valence-electron chi connectivity index (χ4n) is 1.81. The Morgan fingerprint density at radius 1 is 1.33 bits per heavy atom. The summed E-state index contributed by atoms with van der Waals surface area (Å²) in [6, 6.07) is 7.06. The Kier molecular flexibility index (Phi) is 6.02. The molecule has 1 aromatic carbocycles. The van der Waals surface area contributed by atoms with Crippen LogP contribution in [0, 0.1) is 0 Å². The number of methoxy groups -OCH3 is 1. The summed E-state index contributed by atoms with van der Waals surface area (Å²) in [5.74, 6) is -0.284. The fourth-order valence-corrected chi connectivity index (χ4v) is 1.81. The zero-order chi connectivity index (χ0) is 15.9. The highest BCUT2D eigenvalue weighted by Gasteiger charge is 2.32. The van der Waals surface area contributed by atoms with Gasteiger partial charge < -0.3 is 20.5 Å². The van der Waals surface area contributed by atoms with Crippen LogP contribution in [0.3, 0.4) is 0 Å². The van der Waals surface area contributed by atoms with Gasteiger partial charge in [-0.25, -0.2) is 9.59 Å². The van der Waals surface area contributed by atoms with Crippen LogP contribution in [0.15, 0.2) is 24.3 Å². The summed E-state index contributed by atoms with van der Waals surface area (Å²) in [5.41, 5.74) is -0.272. The number of carboxylic acids is 1. The van der Waals surface area contributed by atoms with Crippen molar-refractivity contribution in [2.75, 3.05) is 13.7 Å². The monoisotopic (exact) mass is 294 g/mol. The molecule has 21 heavy (non-hydrogen) atoms. The number of amides is 2. The molecule has 0 bridgehead atoms. The lowest BCUT2D eigenvalue weighted by Gasteiger charge is -2.24. The van der Waals surface area contributed by atoms with Gasteiger partial charge in [0.2, 0.25) is 0 Å². The third-order valence-electron chi connectivity index (χ3n) is 3.44. The molecule has 1 unspecified atom stereocenters. The van der Waals surface area contributed by atoms with Gasteiger partial charge in [-0.3, -0.25) is 0 Å². The van der Waals surface area contributed by atoms with E-state index in [0.717, 1.165) is 11.3 Å². The van der Waals surface area contributed by atoms with Gasteiger partial charge in [0.15, 0.2) is 0 Å². The van der Waals surface area contributed by atoms with E-state index in [-0.39, 0.29) is 0 Å². The topological polar surface area (TPSA) is 87.7 Å². The first-order valence-corrected chi connectivity index (χ1v) is 6.84. The van der Waals surface area contributed by atoms with Crippen LogP contribution < -0.4 is 15.4 Å². The molecule has 0 aliphatic rings. The van der Waals surface area contributed by atoms with Gasteiger partial charge in [0.05, 0.1) is 7.11 Å². The zero-order valence-electron chi connectivity index (χ0n) is 12.6. The van der Waals surface area contributed by atoms with E-state index < -0.39 is 17.5 Å². The minimum Gasteiger partial charge on any atom is -0.496 e. The first-order chi connectivity index (χ1) is 9.92. The predicted molar refractivity (Wildman–Crippen MR) is 79.6 cm³/mol. The molecule has 3 N–H and O–H groups in total. The number of nitrogens with one attached hydrogen (secondary N) is 2. The number of hydrogen-bond donors (Lipinski definition) is 3. The van der Waals surface area contributed by atoms with Crippen molar-refractivity contribution in [1.29, 1.82) is 0 Å². The van der Waals surface area contributed by atoms with Gasteiger partial charge in [0.25, 0.3) is 0 Å². The Balaban J connectivity index is 2.49. The van der Waals surface area contributed by atoms with Crippen molar-refractivity contribution in [1.82, 2.24) is 10.6 Å². The molecule has 0 aliphatic heterocycles. The van der Waals surface area contributed by atoms with Gasteiger partial charge in [-0.1, -0.05) is 25.1 Å². The molecule has 0 heterocycles. The van der Waals surface area contributed by atoms with Crippen molar-refractivity contribution >= 4 is 12.0 Å². The Labute approximate surface area is 124 Å². The Bertz CT molecular complexity index is 504. The van der Waals surface area contributed by atoms with E-state index in [1.54, 1.807) is 14.0 Å². The molecule has 2 amide bonds. The number of carbonyl (C=O) groups is 2. The molecular formula is C15H22N2O4. The van der Waals surface area contributed by atoms with Gasteiger partial charge in [-0.15, -0.1) is 0 Å². The average Bonchev–Trinajstić information content (AvgIpc) is 2.47. The summed E-state index contributed by atoms with van der Waals surface area (Å²) >= 11 is 0. The van der Waals surface area contributed by atoms with Crippen LogP contribution in [-0.2, 0) is 11.2 Å². The lowest BCUT2D eigenvalue weighted by Crippen LogP contribution is -2.55. The van der Waals surface area contributed by atoms with Crippen LogP contribution in [0.1, 0.15) is 25.8 Å². The van der Waals surface area contributed by atoms with E-state index in [4.69, 9.17) is 9.84 Å². The van der Waals surface area contributed by atoms with Crippen LogP contribution in [0.5, 0.6) is 5.75 Å². The van der Waals surface area contributed by atoms with Crippen molar-refractivity contribution < 1.29 is 19.4 Å². The number of ether oxygens (including phenoxy) is 1. The minimum atomic E-state index is -1.26. The summed E-state index contributed by atoms with van der Waals surface area (Å²) < 4.78 is 5.23. The van der Waals surface area contributed by atoms with Gasteiger partial charge in [-0.2, -0.15) is 0 Å². The number of rotatable bonds is 7. The molecular weight excluding hydrogens is 272 g/mol. The van der Waals surface area contributed by atoms with E-state index in [0.29, 0.717) is 19.4 Å². The summed E-state index contributed by atoms with van der Waals surface area (Å²) in [6.45, 7) is 3.59. The van der Waals surface area contributed by atoms with E-state index in [2.05, 4.69) is 10.6 Å². The number of hydrogen-bond acceptors (Lipinski definition) is 3. The highest BCUT2D eigenvalue weighted by atomic mass is 16.5. The highest BCUT2D eigenvalue weighted by molar-refractivity contribution is 5.85. The number of carbonyl (C=O) groups excluding carboxylic acids is 1. The van der Waals surface area contributed by atoms with Gasteiger partial charge in [0.1, 0.15) is 11.3 Å². The maximum atomic E-state index is 11.7. The first kappa shape index (κ1) is 16.8. The smallest absolute Gasteiger partial charge is 0.329 e. The molecule has 6 nitrogen and oxygen atoms in total. The molecule has 0 radical (unpaired) electrons. The Hall–Kier alpha value is -2.24. The van der Waals surface area contributed by atoms with E-state index in [1.807, 2.05) is 24.3 Å². The van der Waals surface area contributed by atoms with Crippen molar-refractivity contribution in [3.63, 3.8) is 0 Å². The SMILES string of the molecule is CCC(C)(NC(=O)NCCc1ccccc1OC)C(=O)O. The second kappa shape index (κ2) is 7.52. The van der Waals surface area contributed by atoms with Crippen LogP contribution in [-0.4, -0.2) is 36.3 Å². The maximum Gasteiger partial charge on any atom is 0.329 e. The van der Waals surface area contributed by atoms with Crippen molar-refractivity contribution in [3.8, 4) is 5.75 Å². The van der Waals surface area contributed by atoms with Crippen molar-refractivity contribution in [3.05, 3.63) is 29.8 Å². The molecule has 0 saturated heterocycles. The second-order valence-corrected chi connectivity index (χ2v) is 4.93. The summed E-state index contributed by atoms with van der Waals surface area (Å²) in [6.07, 6.45) is 0.912. The van der Waals surface area contributed by atoms with Gasteiger partial charge in [-0.05, 0) is 31.4 Å². The van der Waals surface area contributed by atoms with E-state index in [9.17, 15) is 9.59 Å². The molecule has 0 fully saturated rings. The molecule has 1 rings (SSSR count). The van der Waals surface area contributed by atoms with Crippen molar-refractivity contribution in [2.24, 2.45) is 0 Å². The number of carboxylic acid groups (broad SMARTS) is 1. The van der Waals surface area contributed by atoms with E-state index >= 15 is 0 Å².